The molecule has 1 atom stereocenters. The molecular weight excluding hydrogens is 567 g/mol. The third-order valence-corrected chi connectivity index (χ3v) is 8.13. The summed E-state index contributed by atoms with van der Waals surface area (Å²) in [4.78, 5) is 27.7. The smallest absolute Gasteiger partial charge is 0.352 e. The fourth-order valence-corrected chi connectivity index (χ4v) is 5.51. The number of benzene rings is 3. The Balaban J connectivity index is 2.09. The Morgan fingerprint density at radius 2 is 1.55 bits per heavy atom. The van der Waals surface area contributed by atoms with Crippen molar-refractivity contribution in [3.8, 4) is 0 Å². The van der Waals surface area contributed by atoms with Crippen LogP contribution in [0.4, 0.5) is 18.9 Å². The van der Waals surface area contributed by atoms with Gasteiger partial charge >= 0.3 is 6.18 Å². The second-order valence-corrected chi connectivity index (χ2v) is 11.6. The molecule has 7 nitrogen and oxygen atoms in total. The highest BCUT2D eigenvalue weighted by Crippen LogP contribution is 2.33. The number of alkyl halides is 3. The Labute approximate surface area is 236 Å². The van der Waals surface area contributed by atoms with Crippen molar-refractivity contribution < 1.29 is 31.2 Å². The Kier molecular flexibility index (Phi) is 9.86. The molecule has 0 aliphatic heterocycles. The Hall–Kier alpha value is -3.57. The third kappa shape index (κ3) is 7.54. The van der Waals surface area contributed by atoms with Crippen molar-refractivity contribution in [3.63, 3.8) is 0 Å². The van der Waals surface area contributed by atoms with Gasteiger partial charge in [-0.1, -0.05) is 54.1 Å². The van der Waals surface area contributed by atoms with Gasteiger partial charge in [0.1, 0.15) is 12.6 Å². The highest BCUT2D eigenvalue weighted by atomic mass is 35.5. The molecule has 0 bridgehead atoms. The van der Waals surface area contributed by atoms with Crippen molar-refractivity contribution in [3.05, 3.63) is 95.0 Å². The van der Waals surface area contributed by atoms with Gasteiger partial charge in [0.15, 0.2) is 0 Å². The second kappa shape index (κ2) is 12.7. The second-order valence-electron chi connectivity index (χ2n) is 9.33. The summed E-state index contributed by atoms with van der Waals surface area (Å²) in [5, 5.41) is 3.04. The first kappa shape index (κ1) is 31.0. The maximum atomic E-state index is 13.8. The van der Waals surface area contributed by atoms with Gasteiger partial charge in [0.2, 0.25) is 11.8 Å². The van der Waals surface area contributed by atoms with E-state index >= 15 is 0 Å². The molecule has 0 fully saturated rings. The van der Waals surface area contributed by atoms with Gasteiger partial charge in [-0.05, 0) is 62.7 Å². The number of rotatable bonds is 10. The van der Waals surface area contributed by atoms with Crippen LogP contribution in [0.25, 0.3) is 0 Å². The lowest BCUT2D eigenvalue weighted by Gasteiger charge is -2.32. The van der Waals surface area contributed by atoms with Gasteiger partial charge in [0.05, 0.1) is 16.1 Å². The minimum absolute atomic E-state index is 0.146. The van der Waals surface area contributed by atoms with E-state index in [1.807, 2.05) is 0 Å². The SMILES string of the molecule is CC(C)NC(=O)C(C)N(Cc1ccccc1Cl)C(=O)CN(c1cccc(C(F)(F)F)c1)S(=O)(=O)c1ccccc1. The zero-order valence-electron chi connectivity index (χ0n) is 22.0. The fourth-order valence-electron chi connectivity index (χ4n) is 3.88. The maximum Gasteiger partial charge on any atom is 0.416 e. The van der Waals surface area contributed by atoms with Crippen LogP contribution in [0.5, 0.6) is 0 Å². The Morgan fingerprint density at radius 1 is 0.925 bits per heavy atom. The van der Waals surface area contributed by atoms with Crippen LogP contribution in [0.2, 0.25) is 5.02 Å². The van der Waals surface area contributed by atoms with Crippen LogP contribution in [0.1, 0.15) is 31.9 Å². The normalized spacial score (nSPS) is 12.6. The summed E-state index contributed by atoms with van der Waals surface area (Å²) < 4.78 is 68.6. The van der Waals surface area contributed by atoms with Crippen LogP contribution in [0.15, 0.2) is 83.8 Å². The first-order chi connectivity index (χ1) is 18.7. The van der Waals surface area contributed by atoms with E-state index in [-0.39, 0.29) is 23.2 Å². The summed E-state index contributed by atoms with van der Waals surface area (Å²) in [7, 11) is -4.50. The molecule has 0 saturated heterocycles. The number of nitrogens with one attached hydrogen (secondary N) is 1. The molecular formula is C28H29ClF3N3O4S. The van der Waals surface area contributed by atoms with Crippen LogP contribution < -0.4 is 9.62 Å². The zero-order valence-corrected chi connectivity index (χ0v) is 23.6. The van der Waals surface area contributed by atoms with Gasteiger partial charge in [0, 0.05) is 17.6 Å². The molecule has 0 aliphatic carbocycles. The van der Waals surface area contributed by atoms with E-state index < -0.39 is 46.2 Å². The first-order valence-corrected chi connectivity index (χ1v) is 14.1. The zero-order chi connectivity index (χ0) is 29.7. The largest absolute Gasteiger partial charge is 0.416 e. The molecule has 214 valence electrons. The number of amides is 2. The molecule has 40 heavy (non-hydrogen) atoms. The number of hydrogen-bond donors (Lipinski definition) is 1. The molecule has 0 heterocycles. The predicted octanol–water partition coefficient (Wildman–Crippen LogP) is 5.50. The van der Waals surface area contributed by atoms with Crippen molar-refractivity contribution in [2.24, 2.45) is 0 Å². The van der Waals surface area contributed by atoms with Gasteiger partial charge < -0.3 is 10.2 Å². The molecule has 0 saturated carbocycles. The molecule has 0 aromatic heterocycles. The molecule has 3 rings (SSSR count). The van der Waals surface area contributed by atoms with Gasteiger partial charge in [-0.3, -0.25) is 13.9 Å². The highest BCUT2D eigenvalue weighted by Gasteiger charge is 2.35. The Bertz CT molecular complexity index is 1450. The molecule has 1 N–H and O–H groups in total. The third-order valence-electron chi connectivity index (χ3n) is 5.97. The fraction of sp³-hybridized carbons (Fsp3) is 0.286. The van der Waals surface area contributed by atoms with Crippen LogP contribution in [-0.2, 0) is 32.3 Å². The number of carbonyl (C=O) groups is 2. The summed E-state index contributed by atoms with van der Waals surface area (Å²) in [6.45, 7) is 3.95. The van der Waals surface area contributed by atoms with Gasteiger partial charge in [-0.25, -0.2) is 8.42 Å². The van der Waals surface area contributed by atoms with E-state index in [2.05, 4.69) is 5.32 Å². The lowest BCUT2D eigenvalue weighted by atomic mass is 10.1. The summed E-state index contributed by atoms with van der Waals surface area (Å²) in [5.41, 5.74) is -0.939. The van der Waals surface area contributed by atoms with Crippen molar-refractivity contribution in [2.45, 2.75) is 50.5 Å². The minimum atomic E-state index is -4.75. The quantitative estimate of drug-likeness (QED) is 0.336. The topological polar surface area (TPSA) is 86.8 Å². The van der Waals surface area contributed by atoms with Crippen molar-refractivity contribution >= 4 is 39.1 Å². The van der Waals surface area contributed by atoms with E-state index in [4.69, 9.17) is 11.6 Å². The van der Waals surface area contributed by atoms with E-state index in [1.165, 1.54) is 37.3 Å². The summed E-state index contributed by atoms with van der Waals surface area (Å²) in [5.74, 6) is -1.31. The molecule has 0 spiro atoms. The number of anilines is 1. The first-order valence-electron chi connectivity index (χ1n) is 12.3. The number of carbonyl (C=O) groups excluding carboxylic acids is 2. The lowest BCUT2D eigenvalue weighted by molar-refractivity contribution is -0.139. The van der Waals surface area contributed by atoms with Crippen LogP contribution in [0, 0.1) is 0 Å². The van der Waals surface area contributed by atoms with Crippen LogP contribution >= 0.6 is 11.6 Å². The van der Waals surface area contributed by atoms with E-state index in [0.717, 1.165) is 17.0 Å². The number of hydrogen-bond acceptors (Lipinski definition) is 4. The molecule has 3 aromatic carbocycles. The summed E-state index contributed by atoms with van der Waals surface area (Å²) >= 11 is 6.30. The average molecular weight is 596 g/mol. The molecule has 3 aromatic rings. The van der Waals surface area contributed by atoms with Crippen LogP contribution in [-0.4, -0.2) is 43.8 Å². The standard InChI is InChI=1S/C28H29ClF3N3O4S/c1-19(2)33-27(37)20(3)34(17-21-10-7-8-15-25(21)29)26(36)18-35(40(38,39)24-13-5-4-6-14-24)23-12-9-11-22(16-23)28(30,31)32/h4-16,19-20H,17-18H2,1-3H3,(H,33,37). The van der Waals surface area contributed by atoms with E-state index in [1.54, 1.807) is 44.2 Å². The Morgan fingerprint density at radius 3 is 2.15 bits per heavy atom. The van der Waals surface area contributed by atoms with Crippen molar-refractivity contribution in [1.29, 1.82) is 0 Å². The molecule has 12 heteroatoms. The van der Waals surface area contributed by atoms with Crippen LogP contribution in [0.3, 0.4) is 0 Å². The molecule has 1 unspecified atom stereocenters. The van der Waals surface area contributed by atoms with Crippen molar-refractivity contribution in [2.75, 3.05) is 10.8 Å². The maximum absolute atomic E-state index is 13.8. The molecule has 0 radical (unpaired) electrons. The van der Waals surface area contributed by atoms with Crippen molar-refractivity contribution in [1.82, 2.24) is 10.2 Å². The average Bonchev–Trinajstić information content (AvgIpc) is 2.90. The van der Waals surface area contributed by atoms with Gasteiger partial charge in [0.25, 0.3) is 10.0 Å². The van der Waals surface area contributed by atoms with Gasteiger partial charge in [-0.2, -0.15) is 13.2 Å². The molecule has 2 amide bonds. The monoisotopic (exact) mass is 595 g/mol. The number of nitrogens with zero attached hydrogens (tertiary/aromatic N) is 2. The lowest BCUT2D eigenvalue weighted by Crippen LogP contribution is -2.52. The van der Waals surface area contributed by atoms with Gasteiger partial charge in [-0.15, -0.1) is 0 Å². The summed E-state index contributed by atoms with van der Waals surface area (Å²) in [6, 6.07) is 16.1. The number of sulfonamides is 1. The van der Waals surface area contributed by atoms with E-state index in [0.29, 0.717) is 21.0 Å². The molecule has 0 aliphatic rings. The van der Waals surface area contributed by atoms with E-state index in [9.17, 15) is 31.2 Å². The summed E-state index contributed by atoms with van der Waals surface area (Å²) in [6.07, 6.45) is -4.75. The predicted molar refractivity (Wildman–Crippen MR) is 147 cm³/mol. The highest BCUT2D eigenvalue weighted by molar-refractivity contribution is 7.92. The number of halogens is 4. The minimum Gasteiger partial charge on any atom is -0.352 e.